The van der Waals surface area contributed by atoms with Gasteiger partial charge in [-0.1, -0.05) is 98.3 Å². The van der Waals surface area contributed by atoms with Crippen molar-refractivity contribution in [2.75, 3.05) is 0 Å². The van der Waals surface area contributed by atoms with E-state index in [9.17, 15) is 24.9 Å². The second-order valence-corrected chi connectivity index (χ2v) is 11.0. The monoisotopic (exact) mass is 609 g/mol. The molecule has 7 nitrogen and oxygen atoms in total. The molecular formula is C36H34ClN2O5+. The van der Waals surface area contributed by atoms with Gasteiger partial charge in [0.25, 0.3) is 5.82 Å². The van der Waals surface area contributed by atoms with Gasteiger partial charge in [0.15, 0.2) is 5.69 Å². The van der Waals surface area contributed by atoms with Crippen LogP contribution in [0.3, 0.4) is 0 Å². The standard InChI is InChI=1S/C36H33ClN2O5/c1-2-3-12-33-38(21-24-13-17-26(18-14-24)28-8-4-6-10-30(28)35(41)42)32(23-40)34(37)39(33)22-25-15-19-27(20-16-25)29-9-5-7-11-31(29)36(43)44/h4-11,13-20,40H,2-3,12,21-23H2,1H3,(H-,41,42,43,44)/p+1. The van der Waals surface area contributed by atoms with Crippen LogP contribution in [-0.4, -0.2) is 31.8 Å². The first kappa shape index (κ1) is 30.7. The zero-order chi connectivity index (χ0) is 31.2. The van der Waals surface area contributed by atoms with Crippen molar-refractivity contribution in [2.24, 2.45) is 0 Å². The van der Waals surface area contributed by atoms with Gasteiger partial charge in [0.05, 0.1) is 11.1 Å². The molecule has 0 saturated heterocycles. The Morgan fingerprint density at radius 2 is 1.25 bits per heavy atom. The maximum absolute atomic E-state index is 11.7. The quantitative estimate of drug-likeness (QED) is 0.131. The number of imidazole rings is 1. The number of benzene rings is 4. The lowest BCUT2D eigenvalue weighted by molar-refractivity contribution is -0.693. The van der Waals surface area contributed by atoms with E-state index < -0.39 is 11.9 Å². The Bertz CT molecular complexity index is 1790. The molecule has 1 heterocycles. The smallest absolute Gasteiger partial charge is 0.336 e. The number of unbranched alkanes of at least 4 members (excludes halogenated alkanes) is 1. The van der Waals surface area contributed by atoms with Gasteiger partial charge in [0, 0.05) is 6.42 Å². The van der Waals surface area contributed by atoms with Gasteiger partial charge in [-0.2, -0.15) is 0 Å². The molecule has 0 aliphatic carbocycles. The van der Waals surface area contributed by atoms with Gasteiger partial charge in [-0.05, 0) is 63.5 Å². The van der Waals surface area contributed by atoms with Crippen molar-refractivity contribution in [3.05, 3.63) is 136 Å². The number of hydrogen-bond donors (Lipinski definition) is 3. The van der Waals surface area contributed by atoms with E-state index in [4.69, 9.17) is 11.6 Å². The molecule has 0 fully saturated rings. The molecule has 8 heteroatoms. The zero-order valence-corrected chi connectivity index (χ0v) is 25.2. The fourth-order valence-electron chi connectivity index (χ4n) is 5.57. The maximum Gasteiger partial charge on any atom is 0.336 e. The van der Waals surface area contributed by atoms with E-state index in [0.29, 0.717) is 35.1 Å². The Balaban J connectivity index is 1.46. The minimum absolute atomic E-state index is 0.222. The predicted octanol–water partition coefficient (Wildman–Crippen LogP) is 7.09. The SMILES string of the molecule is CCCCc1n(Cc2ccc(-c3ccccc3C(=O)O)cc2)c(CO)c(Cl)[n+]1Cc1ccc(-c2ccccc2C(=O)O)cc1. The summed E-state index contributed by atoms with van der Waals surface area (Å²) in [5, 5.41) is 30.1. The summed E-state index contributed by atoms with van der Waals surface area (Å²) >= 11 is 6.93. The van der Waals surface area contributed by atoms with Gasteiger partial charge in [-0.25, -0.2) is 18.7 Å². The Hall–Kier alpha value is -4.72. The van der Waals surface area contributed by atoms with Crippen LogP contribution in [-0.2, 0) is 26.1 Å². The molecule has 0 saturated carbocycles. The van der Waals surface area contributed by atoms with Crippen molar-refractivity contribution in [3.63, 3.8) is 0 Å². The van der Waals surface area contributed by atoms with Crippen LogP contribution in [0.2, 0.25) is 5.15 Å². The Kier molecular flexibility index (Phi) is 9.58. The van der Waals surface area contributed by atoms with Crippen molar-refractivity contribution >= 4 is 23.5 Å². The van der Waals surface area contributed by atoms with Crippen molar-refractivity contribution < 1.29 is 29.5 Å². The summed E-state index contributed by atoms with van der Waals surface area (Å²) in [6, 6.07) is 29.5. The Morgan fingerprint density at radius 1 is 0.750 bits per heavy atom. The van der Waals surface area contributed by atoms with Crippen LogP contribution in [0.5, 0.6) is 0 Å². The van der Waals surface area contributed by atoms with Gasteiger partial charge in [-0.3, -0.25) is 0 Å². The summed E-state index contributed by atoms with van der Waals surface area (Å²) in [4.78, 5) is 23.4. The number of carbonyl (C=O) groups is 2. The fraction of sp³-hybridized carbons (Fsp3) is 0.194. The lowest BCUT2D eigenvalue weighted by Gasteiger charge is -2.10. The molecule has 0 radical (unpaired) electrons. The van der Waals surface area contributed by atoms with Crippen molar-refractivity contribution in [1.29, 1.82) is 0 Å². The molecule has 0 spiro atoms. The third-order valence-electron chi connectivity index (χ3n) is 7.85. The summed E-state index contributed by atoms with van der Waals surface area (Å²) in [6.45, 7) is 2.89. The highest BCUT2D eigenvalue weighted by atomic mass is 35.5. The molecule has 0 atom stereocenters. The molecule has 1 aromatic heterocycles. The minimum atomic E-state index is -0.968. The topological polar surface area (TPSA) is 104 Å². The van der Waals surface area contributed by atoms with E-state index in [1.807, 2.05) is 65.2 Å². The Labute approximate surface area is 261 Å². The summed E-state index contributed by atoms with van der Waals surface area (Å²) in [5.74, 6) is -0.934. The van der Waals surface area contributed by atoms with E-state index in [1.54, 1.807) is 36.4 Å². The van der Waals surface area contributed by atoms with Crippen molar-refractivity contribution in [3.8, 4) is 22.3 Å². The maximum atomic E-state index is 11.7. The van der Waals surface area contributed by atoms with E-state index >= 15 is 0 Å². The second-order valence-electron chi connectivity index (χ2n) is 10.7. The van der Waals surface area contributed by atoms with Crippen LogP contribution in [0.4, 0.5) is 0 Å². The number of hydrogen-bond acceptors (Lipinski definition) is 3. The van der Waals surface area contributed by atoms with Crippen LogP contribution in [0.25, 0.3) is 22.3 Å². The van der Waals surface area contributed by atoms with Gasteiger partial charge < -0.3 is 15.3 Å². The first-order chi connectivity index (χ1) is 21.3. The molecule has 0 bridgehead atoms. The van der Waals surface area contributed by atoms with Gasteiger partial charge in [0.1, 0.15) is 19.7 Å². The fourth-order valence-corrected chi connectivity index (χ4v) is 5.89. The third-order valence-corrected chi connectivity index (χ3v) is 8.28. The van der Waals surface area contributed by atoms with Crippen molar-refractivity contribution in [2.45, 2.75) is 45.9 Å². The summed E-state index contributed by atoms with van der Waals surface area (Å²) < 4.78 is 4.12. The van der Waals surface area contributed by atoms with Crippen LogP contribution in [0.15, 0.2) is 97.1 Å². The van der Waals surface area contributed by atoms with E-state index in [1.165, 1.54) is 0 Å². The number of nitrogens with zero attached hydrogens (tertiary/aromatic N) is 2. The number of aliphatic hydroxyl groups is 1. The summed E-state index contributed by atoms with van der Waals surface area (Å²) in [5.41, 5.74) is 6.07. The molecule has 44 heavy (non-hydrogen) atoms. The van der Waals surface area contributed by atoms with E-state index in [0.717, 1.165) is 47.3 Å². The number of rotatable bonds is 12. The Morgan fingerprint density at radius 3 is 1.73 bits per heavy atom. The number of aromatic carboxylic acids is 2. The largest absolute Gasteiger partial charge is 0.478 e. The summed E-state index contributed by atoms with van der Waals surface area (Å²) in [7, 11) is 0. The number of carboxylic acid groups (broad SMARTS) is 2. The molecule has 5 aromatic rings. The highest BCUT2D eigenvalue weighted by molar-refractivity contribution is 6.29. The number of halogens is 1. The normalized spacial score (nSPS) is 11.1. The summed E-state index contributed by atoms with van der Waals surface area (Å²) in [6.07, 6.45) is 2.71. The minimum Gasteiger partial charge on any atom is -0.478 e. The molecule has 0 unspecified atom stereocenters. The number of carboxylic acids is 2. The molecule has 3 N–H and O–H groups in total. The van der Waals surface area contributed by atoms with Crippen LogP contribution >= 0.6 is 11.6 Å². The average Bonchev–Trinajstić information content (AvgIpc) is 3.29. The lowest BCUT2D eigenvalue weighted by Crippen LogP contribution is -2.39. The van der Waals surface area contributed by atoms with Crippen LogP contribution in [0.1, 0.15) is 63.1 Å². The number of aliphatic hydroxyl groups excluding tert-OH is 1. The van der Waals surface area contributed by atoms with E-state index in [2.05, 4.69) is 11.5 Å². The molecule has 4 aromatic carbocycles. The van der Waals surface area contributed by atoms with Crippen molar-refractivity contribution in [1.82, 2.24) is 4.57 Å². The van der Waals surface area contributed by atoms with Crippen LogP contribution < -0.4 is 4.57 Å². The van der Waals surface area contributed by atoms with Crippen LogP contribution in [0, 0.1) is 0 Å². The molecule has 5 rings (SSSR count). The molecule has 0 amide bonds. The number of aromatic nitrogens is 2. The first-order valence-electron chi connectivity index (χ1n) is 14.6. The lowest BCUT2D eigenvalue weighted by atomic mass is 9.98. The third kappa shape index (κ3) is 6.44. The van der Waals surface area contributed by atoms with Gasteiger partial charge in [0.2, 0.25) is 5.15 Å². The van der Waals surface area contributed by atoms with Gasteiger partial charge >= 0.3 is 11.9 Å². The van der Waals surface area contributed by atoms with E-state index in [-0.39, 0.29) is 17.7 Å². The molecule has 224 valence electrons. The molecule has 0 aliphatic rings. The molecular weight excluding hydrogens is 576 g/mol. The zero-order valence-electron chi connectivity index (χ0n) is 24.4. The average molecular weight is 610 g/mol. The highest BCUT2D eigenvalue weighted by Gasteiger charge is 2.29. The van der Waals surface area contributed by atoms with Gasteiger partial charge in [-0.15, -0.1) is 0 Å². The molecule has 0 aliphatic heterocycles. The highest BCUT2D eigenvalue weighted by Crippen LogP contribution is 2.27. The first-order valence-corrected chi connectivity index (χ1v) is 14.9. The predicted molar refractivity (Wildman–Crippen MR) is 170 cm³/mol. The second kappa shape index (κ2) is 13.7.